The van der Waals surface area contributed by atoms with Gasteiger partial charge in [0.1, 0.15) is 11.3 Å². The molecule has 4 N–H and O–H groups in total. The number of anilines is 2. The number of aromatic amines is 1. The van der Waals surface area contributed by atoms with E-state index in [0.717, 1.165) is 44.6 Å². The average Bonchev–Trinajstić information content (AvgIpc) is 3.12. The van der Waals surface area contributed by atoms with Crippen LogP contribution in [0.3, 0.4) is 0 Å². The van der Waals surface area contributed by atoms with Crippen molar-refractivity contribution in [3.8, 4) is 5.75 Å². The van der Waals surface area contributed by atoms with Gasteiger partial charge in [0.2, 0.25) is 0 Å². The zero-order valence-electron chi connectivity index (χ0n) is 13.2. The van der Waals surface area contributed by atoms with Crippen LogP contribution in [0.25, 0.3) is 21.8 Å². The minimum Gasteiger partial charge on any atom is -0.497 e. The van der Waals surface area contributed by atoms with Gasteiger partial charge in [0.05, 0.1) is 18.8 Å². The second kappa shape index (κ2) is 5.82. The van der Waals surface area contributed by atoms with E-state index in [9.17, 15) is 0 Å². The van der Waals surface area contributed by atoms with Gasteiger partial charge in [-0.05, 0) is 35.9 Å². The van der Waals surface area contributed by atoms with Gasteiger partial charge in [-0.25, -0.2) is 4.98 Å². The second-order valence-corrected chi connectivity index (χ2v) is 5.53. The van der Waals surface area contributed by atoms with Gasteiger partial charge in [0, 0.05) is 23.0 Å². The van der Waals surface area contributed by atoms with E-state index in [1.54, 1.807) is 7.11 Å². The van der Waals surface area contributed by atoms with E-state index in [2.05, 4.69) is 15.5 Å². The van der Waals surface area contributed by atoms with E-state index in [1.165, 1.54) is 0 Å². The van der Waals surface area contributed by atoms with Gasteiger partial charge in [0.25, 0.3) is 0 Å². The monoisotopic (exact) mass is 319 g/mol. The molecule has 0 atom stereocenters. The summed E-state index contributed by atoms with van der Waals surface area (Å²) in [7, 11) is 1.65. The van der Waals surface area contributed by atoms with Crippen molar-refractivity contribution in [2.45, 2.75) is 6.54 Å². The fraction of sp³-hybridized carbons (Fsp3) is 0.111. The lowest BCUT2D eigenvalue weighted by molar-refractivity contribution is 0.415. The highest BCUT2D eigenvalue weighted by Crippen LogP contribution is 2.31. The molecule has 2 heterocycles. The number of pyridine rings is 1. The minimum absolute atomic E-state index is 0.529. The Hall–Kier alpha value is -3.12. The van der Waals surface area contributed by atoms with E-state index in [1.807, 2.05) is 48.7 Å². The summed E-state index contributed by atoms with van der Waals surface area (Å²) in [5.41, 5.74) is 9.42. The molecule has 0 radical (unpaired) electrons. The number of nitrogens with two attached hydrogens (primary N) is 1. The topological polar surface area (TPSA) is 88.9 Å². The third kappa shape index (κ3) is 2.43. The summed E-state index contributed by atoms with van der Waals surface area (Å²) >= 11 is 0. The van der Waals surface area contributed by atoms with Crippen molar-refractivity contribution in [1.82, 2.24) is 15.2 Å². The molecule has 0 aliphatic heterocycles. The first-order valence-corrected chi connectivity index (χ1v) is 7.65. The molecule has 0 spiro atoms. The summed E-state index contributed by atoms with van der Waals surface area (Å²) in [6.07, 6.45) is 1.81. The highest BCUT2D eigenvalue weighted by atomic mass is 16.5. The van der Waals surface area contributed by atoms with Crippen LogP contribution in [0.1, 0.15) is 5.56 Å². The Morgan fingerprint density at radius 3 is 2.71 bits per heavy atom. The van der Waals surface area contributed by atoms with Crippen LogP contribution in [0.4, 0.5) is 11.5 Å². The lowest BCUT2D eigenvalue weighted by Crippen LogP contribution is -1.98. The normalized spacial score (nSPS) is 11.1. The molecule has 0 saturated carbocycles. The Labute approximate surface area is 138 Å². The number of hydrogen-bond donors (Lipinski definition) is 3. The molecule has 120 valence electrons. The van der Waals surface area contributed by atoms with Crippen LogP contribution < -0.4 is 15.8 Å². The van der Waals surface area contributed by atoms with Crippen molar-refractivity contribution in [2.75, 3.05) is 12.4 Å². The lowest BCUT2D eigenvalue weighted by atomic mass is 10.1. The van der Waals surface area contributed by atoms with E-state index < -0.39 is 0 Å². The summed E-state index contributed by atoms with van der Waals surface area (Å²) in [4.78, 5) is 4.73. The van der Waals surface area contributed by atoms with Crippen LogP contribution in [-0.4, -0.2) is 22.3 Å². The Balaban J connectivity index is 1.83. The van der Waals surface area contributed by atoms with Gasteiger partial charge in [-0.1, -0.05) is 12.1 Å². The van der Waals surface area contributed by atoms with Crippen molar-refractivity contribution in [1.29, 1.82) is 0 Å². The number of nitrogens with zero attached hydrogens (tertiary/aromatic N) is 2. The molecule has 0 aliphatic rings. The Kier molecular flexibility index (Phi) is 3.51. The summed E-state index contributed by atoms with van der Waals surface area (Å²) < 4.78 is 5.31. The minimum atomic E-state index is 0.529. The third-order valence-electron chi connectivity index (χ3n) is 4.05. The Morgan fingerprint density at radius 2 is 1.96 bits per heavy atom. The van der Waals surface area contributed by atoms with E-state index in [4.69, 9.17) is 15.5 Å². The summed E-state index contributed by atoms with van der Waals surface area (Å²) in [5, 5.41) is 12.6. The Morgan fingerprint density at radius 1 is 1.12 bits per heavy atom. The Bertz CT molecular complexity index is 1010. The number of rotatable bonds is 4. The van der Waals surface area contributed by atoms with E-state index in [-0.39, 0.29) is 0 Å². The maximum atomic E-state index is 5.64. The third-order valence-corrected chi connectivity index (χ3v) is 4.05. The van der Waals surface area contributed by atoms with Crippen LogP contribution in [0.5, 0.6) is 5.75 Å². The van der Waals surface area contributed by atoms with Gasteiger partial charge in [-0.2, -0.15) is 5.10 Å². The average molecular weight is 319 g/mol. The first-order chi connectivity index (χ1) is 11.8. The number of methoxy groups -OCH3 is 1. The molecule has 6 nitrogen and oxygen atoms in total. The molecule has 4 rings (SSSR count). The molecule has 2 aromatic heterocycles. The number of benzene rings is 2. The predicted molar refractivity (Wildman–Crippen MR) is 95.6 cm³/mol. The molecule has 4 aromatic rings. The van der Waals surface area contributed by atoms with Crippen molar-refractivity contribution in [3.05, 3.63) is 54.2 Å². The van der Waals surface area contributed by atoms with Gasteiger partial charge in [0.15, 0.2) is 5.82 Å². The predicted octanol–water partition coefficient (Wildman–Crippen LogP) is 3.32. The first-order valence-electron chi connectivity index (χ1n) is 7.65. The molecule has 0 saturated heterocycles. The number of ether oxygens (including phenoxy) is 1. The molecule has 0 aliphatic carbocycles. The van der Waals surface area contributed by atoms with Crippen molar-refractivity contribution in [3.63, 3.8) is 0 Å². The number of nitrogens with one attached hydrogen (secondary N) is 2. The zero-order valence-corrected chi connectivity index (χ0v) is 13.2. The van der Waals surface area contributed by atoms with Crippen LogP contribution in [0.15, 0.2) is 48.7 Å². The molecule has 0 unspecified atom stereocenters. The molecule has 2 aromatic carbocycles. The molecule has 0 fully saturated rings. The maximum Gasteiger partial charge on any atom is 0.157 e. The number of H-pyrrole nitrogens is 1. The fourth-order valence-electron chi connectivity index (χ4n) is 2.75. The largest absolute Gasteiger partial charge is 0.497 e. The highest BCUT2D eigenvalue weighted by Gasteiger charge is 2.11. The fourth-order valence-corrected chi connectivity index (χ4v) is 2.75. The number of aromatic nitrogens is 3. The highest BCUT2D eigenvalue weighted by molar-refractivity contribution is 6.09. The standard InChI is InChI=1S/C18H17N5O/c1-24-13-6-7-16-14(8-13)15-10-20-23-17(15)18(22-16)21-12-4-2-11(9-19)3-5-12/h2-8,10H,9,19H2,1H3,(H,20,23)(H,21,22). The van der Waals surface area contributed by atoms with Crippen LogP contribution >= 0.6 is 0 Å². The van der Waals surface area contributed by atoms with E-state index >= 15 is 0 Å². The van der Waals surface area contributed by atoms with Crippen molar-refractivity contribution < 1.29 is 4.74 Å². The van der Waals surface area contributed by atoms with Gasteiger partial charge in [-0.3, -0.25) is 5.10 Å². The quantitative estimate of drug-likeness (QED) is 0.537. The second-order valence-electron chi connectivity index (χ2n) is 5.53. The molecule has 6 heteroatoms. The van der Waals surface area contributed by atoms with Gasteiger partial charge >= 0.3 is 0 Å². The number of fused-ring (bicyclic) bond motifs is 3. The molecule has 24 heavy (non-hydrogen) atoms. The summed E-state index contributed by atoms with van der Waals surface area (Å²) in [6, 6.07) is 13.8. The van der Waals surface area contributed by atoms with Crippen LogP contribution in [0.2, 0.25) is 0 Å². The first kappa shape index (κ1) is 14.5. The zero-order chi connectivity index (χ0) is 16.5. The van der Waals surface area contributed by atoms with Crippen molar-refractivity contribution in [2.24, 2.45) is 5.73 Å². The molecular formula is C18H17N5O. The molecular weight excluding hydrogens is 302 g/mol. The molecule has 0 amide bonds. The van der Waals surface area contributed by atoms with Crippen molar-refractivity contribution >= 4 is 33.3 Å². The smallest absolute Gasteiger partial charge is 0.157 e. The summed E-state index contributed by atoms with van der Waals surface area (Å²) in [6.45, 7) is 0.529. The summed E-state index contributed by atoms with van der Waals surface area (Å²) in [5.74, 6) is 1.53. The number of hydrogen-bond acceptors (Lipinski definition) is 5. The maximum absolute atomic E-state index is 5.64. The van der Waals surface area contributed by atoms with Gasteiger partial charge in [-0.15, -0.1) is 0 Å². The van der Waals surface area contributed by atoms with Crippen LogP contribution in [0, 0.1) is 0 Å². The van der Waals surface area contributed by atoms with Crippen LogP contribution in [-0.2, 0) is 6.54 Å². The van der Waals surface area contributed by atoms with Gasteiger partial charge < -0.3 is 15.8 Å². The molecule has 0 bridgehead atoms. The SMILES string of the molecule is COc1ccc2nc(Nc3ccc(CN)cc3)c3[nH]ncc3c2c1. The van der Waals surface area contributed by atoms with E-state index in [0.29, 0.717) is 6.54 Å². The lowest BCUT2D eigenvalue weighted by Gasteiger charge is -2.10.